The smallest absolute Gasteiger partial charge is 0.123 e. The van der Waals surface area contributed by atoms with Gasteiger partial charge in [0.15, 0.2) is 0 Å². The molecule has 0 amide bonds. The number of nitrogens with zero attached hydrogens (tertiary/aromatic N) is 1. The van der Waals surface area contributed by atoms with Gasteiger partial charge in [0.05, 0.1) is 11.0 Å². The minimum atomic E-state index is 0.447. The summed E-state index contributed by atoms with van der Waals surface area (Å²) in [6, 6.07) is 3.93. The molecule has 3 heteroatoms. The molecule has 14 heavy (non-hydrogen) atoms. The van der Waals surface area contributed by atoms with E-state index in [1.54, 1.807) is 6.20 Å². The molecule has 2 heterocycles. The summed E-state index contributed by atoms with van der Waals surface area (Å²) in [6.45, 7) is 0. The van der Waals surface area contributed by atoms with Crippen LogP contribution in [0.1, 0.15) is 12.0 Å². The van der Waals surface area contributed by atoms with Gasteiger partial charge in [-0.15, -0.1) is 0 Å². The molecule has 0 saturated carbocycles. The van der Waals surface area contributed by atoms with Crippen molar-refractivity contribution in [1.82, 2.24) is 9.97 Å². The van der Waals surface area contributed by atoms with Crippen molar-refractivity contribution in [3.05, 3.63) is 36.2 Å². The van der Waals surface area contributed by atoms with E-state index in [0.29, 0.717) is 6.42 Å². The number of carbonyl (C=O) groups is 1. The maximum atomic E-state index is 10.1. The van der Waals surface area contributed by atoms with Crippen LogP contribution in [0.4, 0.5) is 0 Å². The Balaban J connectivity index is 2.29. The normalized spacial score (nSPS) is 11.1. The van der Waals surface area contributed by atoms with Crippen LogP contribution in [0.3, 0.4) is 0 Å². The van der Waals surface area contributed by atoms with Crippen LogP contribution in [-0.2, 0) is 4.79 Å². The molecule has 1 N–H and O–H groups in total. The van der Waals surface area contributed by atoms with Crippen LogP contribution in [0.15, 0.2) is 30.6 Å². The van der Waals surface area contributed by atoms with E-state index >= 15 is 0 Å². The average molecular weight is 186 g/mol. The number of hydrogen-bond acceptors (Lipinski definition) is 2. The third kappa shape index (κ3) is 1.71. The van der Waals surface area contributed by atoms with Crippen molar-refractivity contribution >= 4 is 23.4 Å². The number of nitrogens with one attached hydrogen (secondary N) is 1. The number of aromatic amines is 1. The topological polar surface area (TPSA) is 45.8 Å². The Kier molecular flexibility index (Phi) is 2.40. The molecule has 0 radical (unpaired) electrons. The Morgan fingerprint density at radius 3 is 3.29 bits per heavy atom. The van der Waals surface area contributed by atoms with Gasteiger partial charge in [0.25, 0.3) is 0 Å². The zero-order chi connectivity index (χ0) is 9.80. The standard InChI is InChI=1S/C11H10N2O/c14-6-2-1-3-9-7-11-10(13-8-9)4-5-12-11/h1,3-8,12H,2H2. The number of allylic oxidation sites excluding steroid dienone is 1. The fourth-order valence-corrected chi connectivity index (χ4v) is 1.30. The van der Waals surface area contributed by atoms with Crippen LogP contribution in [0.25, 0.3) is 17.1 Å². The van der Waals surface area contributed by atoms with E-state index in [9.17, 15) is 4.79 Å². The van der Waals surface area contributed by atoms with E-state index in [1.165, 1.54) is 0 Å². The molecule has 0 aliphatic carbocycles. The van der Waals surface area contributed by atoms with Crippen molar-refractivity contribution in [2.45, 2.75) is 6.42 Å². The van der Waals surface area contributed by atoms with Crippen molar-refractivity contribution in [2.24, 2.45) is 0 Å². The quantitative estimate of drug-likeness (QED) is 0.746. The molecule has 2 rings (SSSR count). The Morgan fingerprint density at radius 2 is 2.43 bits per heavy atom. The van der Waals surface area contributed by atoms with Gasteiger partial charge in [0.1, 0.15) is 6.29 Å². The van der Waals surface area contributed by atoms with Crippen LogP contribution < -0.4 is 0 Å². The molecule has 0 unspecified atom stereocenters. The van der Waals surface area contributed by atoms with Crippen LogP contribution in [0.5, 0.6) is 0 Å². The molecule has 2 aromatic rings. The summed E-state index contributed by atoms with van der Waals surface area (Å²) >= 11 is 0. The molecule has 2 aromatic heterocycles. The summed E-state index contributed by atoms with van der Waals surface area (Å²) in [4.78, 5) is 17.4. The maximum Gasteiger partial charge on any atom is 0.123 e. The van der Waals surface area contributed by atoms with Gasteiger partial charge < -0.3 is 9.78 Å². The van der Waals surface area contributed by atoms with Crippen molar-refractivity contribution in [1.29, 1.82) is 0 Å². The molecule has 0 aliphatic rings. The molecule has 0 spiro atoms. The van der Waals surface area contributed by atoms with Gasteiger partial charge in [-0.2, -0.15) is 0 Å². The molecule has 0 saturated heterocycles. The zero-order valence-electron chi connectivity index (χ0n) is 7.60. The number of H-pyrrole nitrogens is 1. The minimum absolute atomic E-state index is 0.447. The molecular weight excluding hydrogens is 176 g/mol. The largest absolute Gasteiger partial charge is 0.360 e. The highest BCUT2D eigenvalue weighted by Gasteiger charge is 1.94. The van der Waals surface area contributed by atoms with Gasteiger partial charge >= 0.3 is 0 Å². The number of rotatable bonds is 3. The number of carbonyl (C=O) groups excluding carboxylic acids is 1. The number of hydrogen-bond donors (Lipinski definition) is 1. The van der Waals surface area contributed by atoms with E-state index in [0.717, 1.165) is 22.9 Å². The first-order valence-corrected chi connectivity index (χ1v) is 4.43. The Morgan fingerprint density at radius 1 is 1.50 bits per heavy atom. The SMILES string of the molecule is O=CCC=Cc1cnc2cc[nH]c2c1. The predicted molar refractivity (Wildman–Crippen MR) is 55.8 cm³/mol. The first-order chi connectivity index (χ1) is 6.90. The van der Waals surface area contributed by atoms with Crippen molar-refractivity contribution in [3.63, 3.8) is 0 Å². The van der Waals surface area contributed by atoms with E-state index < -0.39 is 0 Å². The second kappa shape index (κ2) is 3.87. The molecule has 0 fully saturated rings. The first kappa shape index (κ1) is 8.69. The van der Waals surface area contributed by atoms with E-state index in [4.69, 9.17) is 0 Å². The van der Waals surface area contributed by atoms with Gasteiger partial charge in [-0.3, -0.25) is 4.98 Å². The van der Waals surface area contributed by atoms with E-state index in [1.807, 2.05) is 30.5 Å². The maximum absolute atomic E-state index is 10.1. The minimum Gasteiger partial charge on any atom is -0.360 e. The molecule has 0 aromatic carbocycles. The van der Waals surface area contributed by atoms with Crippen LogP contribution in [-0.4, -0.2) is 16.3 Å². The lowest BCUT2D eigenvalue weighted by atomic mass is 10.2. The molecule has 70 valence electrons. The number of aldehydes is 1. The lowest BCUT2D eigenvalue weighted by molar-refractivity contribution is -0.107. The highest BCUT2D eigenvalue weighted by molar-refractivity contribution is 5.77. The fourth-order valence-electron chi connectivity index (χ4n) is 1.30. The number of pyridine rings is 1. The number of aromatic nitrogens is 2. The van der Waals surface area contributed by atoms with Gasteiger partial charge in [0.2, 0.25) is 0 Å². The van der Waals surface area contributed by atoms with Crippen molar-refractivity contribution < 1.29 is 4.79 Å². The van der Waals surface area contributed by atoms with Gasteiger partial charge in [-0.05, 0) is 17.7 Å². The summed E-state index contributed by atoms with van der Waals surface area (Å²) in [5.74, 6) is 0. The Labute approximate surface area is 81.5 Å². The lowest BCUT2D eigenvalue weighted by Gasteiger charge is -1.92. The third-order valence-electron chi connectivity index (χ3n) is 1.96. The van der Waals surface area contributed by atoms with E-state index in [2.05, 4.69) is 9.97 Å². The Hall–Kier alpha value is -1.90. The molecular formula is C11H10N2O. The van der Waals surface area contributed by atoms with Crippen LogP contribution in [0.2, 0.25) is 0 Å². The summed E-state index contributed by atoms with van der Waals surface area (Å²) in [5, 5.41) is 0. The van der Waals surface area contributed by atoms with Crippen molar-refractivity contribution in [2.75, 3.05) is 0 Å². The molecule has 0 atom stereocenters. The second-order valence-corrected chi connectivity index (χ2v) is 2.98. The van der Waals surface area contributed by atoms with Gasteiger partial charge in [-0.25, -0.2) is 0 Å². The highest BCUT2D eigenvalue weighted by Crippen LogP contribution is 2.11. The summed E-state index contributed by atoms with van der Waals surface area (Å²) in [5.41, 5.74) is 2.97. The highest BCUT2D eigenvalue weighted by atomic mass is 16.1. The van der Waals surface area contributed by atoms with Gasteiger partial charge in [0, 0.05) is 18.8 Å². The molecule has 3 nitrogen and oxygen atoms in total. The predicted octanol–water partition coefficient (Wildman–Crippen LogP) is 2.17. The second-order valence-electron chi connectivity index (χ2n) is 2.98. The summed E-state index contributed by atoms with van der Waals surface area (Å²) in [6.07, 6.45) is 8.67. The number of fused-ring (bicyclic) bond motifs is 1. The van der Waals surface area contributed by atoms with Crippen molar-refractivity contribution in [3.8, 4) is 0 Å². The van der Waals surface area contributed by atoms with Gasteiger partial charge in [-0.1, -0.05) is 12.2 Å². The van der Waals surface area contributed by atoms with Crippen LogP contribution >= 0.6 is 0 Å². The zero-order valence-corrected chi connectivity index (χ0v) is 7.60. The fraction of sp³-hybridized carbons (Fsp3) is 0.0909. The first-order valence-electron chi connectivity index (χ1n) is 4.43. The monoisotopic (exact) mass is 186 g/mol. The summed E-state index contributed by atoms with van der Waals surface area (Å²) < 4.78 is 0. The Bertz CT molecular complexity index is 471. The molecule has 0 aliphatic heterocycles. The lowest BCUT2D eigenvalue weighted by Crippen LogP contribution is -1.78. The average Bonchev–Trinajstić information content (AvgIpc) is 2.65. The van der Waals surface area contributed by atoms with Crippen LogP contribution in [0, 0.1) is 0 Å². The molecule has 0 bridgehead atoms. The van der Waals surface area contributed by atoms with E-state index in [-0.39, 0.29) is 0 Å². The summed E-state index contributed by atoms with van der Waals surface area (Å²) in [7, 11) is 0. The third-order valence-corrected chi connectivity index (χ3v) is 1.96.